The van der Waals surface area contributed by atoms with Gasteiger partial charge in [-0.25, -0.2) is 4.79 Å². The second kappa shape index (κ2) is 6.24. The van der Waals surface area contributed by atoms with Gasteiger partial charge in [-0.1, -0.05) is 13.3 Å². The summed E-state index contributed by atoms with van der Waals surface area (Å²) in [7, 11) is 1.34. The van der Waals surface area contributed by atoms with Gasteiger partial charge in [-0.05, 0) is 25.1 Å². The predicted octanol–water partition coefficient (Wildman–Crippen LogP) is 1.96. The van der Waals surface area contributed by atoms with E-state index in [2.05, 4.69) is 17.0 Å². The lowest BCUT2D eigenvalue weighted by Gasteiger charge is -2.00. The second-order valence-corrected chi connectivity index (χ2v) is 3.29. The first-order valence-electron chi connectivity index (χ1n) is 5.15. The highest BCUT2D eigenvalue weighted by atomic mass is 16.5. The van der Waals surface area contributed by atoms with E-state index in [1.54, 1.807) is 12.1 Å². The van der Waals surface area contributed by atoms with E-state index < -0.39 is 5.97 Å². The fourth-order valence-corrected chi connectivity index (χ4v) is 1.20. The maximum absolute atomic E-state index is 11.1. The minimum absolute atomic E-state index is 0.254. The molecule has 0 amide bonds. The quantitative estimate of drug-likeness (QED) is 0.577. The Labute approximate surface area is 89.6 Å². The minimum Gasteiger partial charge on any atom is -0.463 e. The van der Waals surface area contributed by atoms with Crippen molar-refractivity contribution in [2.75, 3.05) is 13.7 Å². The molecule has 1 heterocycles. The van der Waals surface area contributed by atoms with Gasteiger partial charge in [-0.2, -0.15) is 0 Å². The molecule has 84 valence electrons. The van der Waals surface area contributed by atoms with Crippen molar-refractivity contribution in [2.24, 2.45) is 0 Å². The molecule has 4 heteroatoms. The number of methoxy groups -OCH3 is 1. The summed E-state index contributed by atoms with van der Waals surface area (Å²) >= 11 is 0. The summed E-state index contributed by atoms with van der Waals surface area (Å²) < 4.78 is 9.82. The van der Waals surface area contributed by atoms with Gasteiger partial charge in [0.05, 0.1) is 13.7 Å². The van der Waals surface area contributed by atoms with Crippen LogP contribution in [-0.4, -0.2) is 19.6 Å². The van der Waals surface area contributed by atoms with Crippen molar-refractivity contribution < 1.29 is 13.9 Å². The number of unbranched alkanes of at least 4 members (excludes halogenated alkanes) is 1. The molecule has 1 N–H and O–H groups in total. The third-order valence-electron chi connectivity index (χ3n) is 2.05. The molecular formula is C11H17NO3. The zero-order chi connectivity index (χ0) is 11.1. The van der Waals surface area contributed by atoms with Crippen molar-refractivity contribution in [1.82, 2.24) is 5.32 Å². The highest BCUT2D eigenvalue weighted by Gasteiger charge is 2.10. The van der Waals surface area contributed by atoms with Gasteiger partial charge < -0.3 is 14.5 Å². The van der Waals surface area contributed by atoms with Gasteiger partial charge in [0.1, 0.15) is 5.76 Å². The number of furan rings is 1. The number of hydrogen-bond acceptors (Lipinski definition) is 4. The molecule has 0 saturated carbocycles. The molecule has 0 spiro atoms. The van der Waals surface area contributed by atoms with E-state index in [1.165, 1.54) is 13.5 Å². The first-order valence-corrected chi connectivity index (χ1v) is 5.15. The van der Waals surface area contributed by atoms with Crippen LogP contribution in [0.1, 0.15) is 36.1 Å². The third-order valence-corrected chi connectivity index (χ3v) is 2.05. The van der Waals surface area contributed by atoms with Crippen molar-refractivity contribution in [3.63, 3.8) is 0 Å². The van der Waals surface area contributed by atoms with Crippen LogP contribution in [0, 0.1) is 0 Å². The van der Waals surface area contributed by atoms with Crippen molar-refractivity contribution in [2.45, 2.75) is 26.3 Å². The molecule has 0 aliphatic rings. The number of hydrogen-bond donors (Lipinski definition) is 1. The summed E-state index contributed by atoms with van der Waals surface area (Å²) in [6.07, 6.45) is 2.31. The third kappa shape index (κ3) is 3.75. The Balaban J connectivity index is 2.36. The van der Waals surface area contributed by atoms with Crippen LogP contribution in [0.25, 0.3) is 0 Å². The van der Waals surface area contributed by atoms with Gasteiger partial charge in [0.15, 0.2) is 0 Å². The molecule has 15 heavy (non-hydrogen) atoms. The highest BCUT2D eigenvalue weighted by molar-refractivity contribution is 5.86. The second-order valence-electron chi connectivity index (χ2n) is 3.29. The van der Waals surface area contributed by atoms with Crippen LogP contribution in [0.3, 0.4) is 0 Å². The number of ether oxygens (including phenoxy) is 1. The number of carbonyl (C=O) groups is 1. The van der Waals surface area contributed by atoms with E-state index in [0.29, 0.717) is 6.54 Å². The topological polar surface area (TPSA) is 51.5 Å². The van der Waals surface area contributed by atoms with E-state index in [0.717, 1.165) is 18.7 Å². The van der Waals surface area contributed by atoms with Crippen LogP contribution in [0.2, 0.25) is 0 Å². The summed E-state index contributed by atoms with van der Waals surface area (Å²) in [6.45, 7) is 3.76. The van der Waals surface area contributed by atoms with Crippen LogP contribution in [0.15, 0.2) is 16.5 Å². The van der Waals surface area contributed by atoms with Crippen molar-refractivity contribution in [3.05, 3.63) is 23.7 Å². The summed E-state index contributed by atoms with van der Waals surface area (Å²) in [4.78, 5) is 11.1. The molecule has 4 nitrogen and oxygen atoms in total. The van der Waals surface area contributed by atoms with Crippen LogP contribution in [0.4, 0.5) is 0 Å². The average molecular weight is 211 g/mol. The molecule has 0 fully saturated rings. The summed E-state index contributed by atoms with van der Waals surface area (Å²) in [6, 6.07) is 3.41. The predicted molar refractivity (Wildman–Crippen MR) is 56.7 cm³/mol. The Bertz CT molecular complexity index is 307. The standard InChI is InChI=1S/C11H17NO3/c1-3-4-7-12-8-9-5-6-10(15-9)11(13)14-2/h5-6,12H,3-4,7-8H2,1-2H3. The summed E-state index contributed by atoms with van der Waals surface area (Å²) in [5, 5.41) is 3.23. The Kier molecular flexibility index (Phi) is 4.90. The maximum atomic E-state index is 11.1. The van der Waals surface area contributed by atoms with E-state index >= 15 is 0 Å². The van der Waals surface area contributed by atoms with Gasteiger partial charge in [0.25, 0.3) is 0 Å². The van der Waals surface area contributed by atoms with Crippen molar-refractivity contribution >= 4 is 5.97 Å². The lowest BCUT2D eigenvalue weighted by atomic mass is 10.3. The molecule has 0 aliphatic carbocycles. The number of esters is 1. The Hall–Kier alpha value is -1.29. The molecule has 0 radical (unpaired) electrons. The van der Waals surface area contributed by atoms with Crippen LogP contribution in [0.5, 0.6) is 0 Å². The van der Waals surface area contributed by atoms with Gasteiger partial charge in [-0.3, -0.25) is 0 Å². The zero-order valence-electron chi connectivity index (χ0n) is 9.21. The largest absolute Gasteiger partial charge is 0.463 e. The zero-order valence-corrected chi connectivity index (χ0v) is 9.21. The Morgan fingerprint density at radius 2 is 2.33 bits per heavy atom. The van der Waals surface area contributed by atoms with E-state index in [1.807, 2.05) is 0 Å². The van der Waals surface area contributed by atoms with E-state index in [-0.39, 0.29) is 5.76 Å². The van der Waals surface area contributed by atoms with Crippen LogP contribution in [-0.2, 0) is 11.3 Å². The van der Waals surface area contributed by atoms with E-state index in [9.17, 15) is 4.79 Å². The van der Waals surface area contributed by atoms with Gasteiger partial charge in [0.2, 0.25) is 5.76 Å². The van der Waals surface area contributed by atoms with Crippen molar-refractivity contribution in [3.8, 4) is 0 Å². The lowest BCUT2D eigenvalue weighted by Crippen LogP contribution is -2.13. The Morgan fingerprint density at radius 3 is 3.00 bits per heavy atom. The molecule has 0 atom stereocenters. The Morgan fingerprint density at radius 1 is 1.53 bits per heavy atom. The SMILES string of the molecule is CCCCNCc1ccc(C(=O)OC)o1. The van der Waals surface area contributed by atoms with Gasteiger partial charge in [-0.15, -0.1) is 0 Å². The smallest absolute Gasteiger partial charge is 0.373 e. The van der Waals surface area contributed by atoms with Crippen LogP contribution < -0.4 is 5.32 Å². The molecule has 0 aliphatic heterocycles. The molecule has 0 saturated heterocycles. The monoisotopic (exact) mass is 211 g/mol. The molecule has 0 unspecified atom stereocenters. The normalized spacial score (nSPS) is 10.3. The summed E-state index contributed by atoms with van der Waals surface area (Å²) in [5.74, 6) is 0.575. The number of nitrogens with one attached hydrogen (secondary N) is 1. The first kappa shape index (κ1) is 11.8. The molecule has 1 aromatic heterocycles. The van der Waals surface area contributed by atoms with Gasteiger partial charge >= 0.3 is 5.97 Å². The molecular weight excluding hydrogens is 194 g/mol. The first-order chi connectivity index (χ1) is 7.27. The number of rotatable bonds is 6. The fraction of sp³-hybridized carbons (Fsp3) is 0.545. The van der Waals surface area contributed by atoms with Crippen LogP contribution >= 0.6 is 0 Å². The van der Waals surface area contributed by atoms with Gasteiger partial charge in [0, 0.05) is 0 Å². The van der Waals surface area contributed by atoms with E-state index in [4.69, 9.17) is 4.42 Å². The maximum Gasteiger partial charge on any atom is 0.373 e. The lowest BCUT2D eigenvalue weighted by molar-refractivity contribution is 0.0563. The van der Waals surface area contributed by atoms with Crippen molar-refractivity contribution in [1.29, 1.82) is 0 Å². The number of carbonyl (C=O) groups excluding carboxylic acids is 1. The molecule has 0 aromatic carbocycles. The summed E-state index contributed by atoms with van der Waals surface area (Å²) in [5.41, 5.74) is 0. The molecule has 1 rings (SSSR count). The minimum atomic E-state index is -0.435. The average Bonchev–Trinajstić information content (AvgIpc) is 2.72. The molecule has 0 bridgehead atoms. The molecule has 1 aromatic rings. The fourth-order valence-electron chi connectivity index (χ4n) is 1.20. The highest BCUT2D eigenvalue weighted by Crippen LogP contribution is 2.08.